The second kappa shape index (κ2) is 4.58. The van der Waals surface area contributed by atoms with Crippen LogP contribution in [0.5, 0.6) is 0 Å². The average molecular weight is 189 g/mol. The molecule has 0 aromatic heterocycles. The van der Waals surface area contributed by atoms with E-state index in [-0.39, 0.29) is 6.04 Å². The lowest BCUT2D eigenvalue weighted by atomic mass is 10.1. The maximum atomic E-state index is 11.4. The Kier molecular flexibility index (Phi) is 4.36. The first kappa shape index (κ1) is 12.4. The number of rotatable bonds is 3. The van der Waals surface area contributed by atoms with E-state index in [1.165, 1.54) is 7.11 Å². The van der Waals surface area contributed by atoms with Crippen molar-refractivity contribution >= 4 is 5.97 Å². The van der Waals surface area contributed by atoms with E-state index in [4.69, 9.17) is 15.2 Å². The molecule has 0 spiro atoms. The Morgan fingerprint density at radius 1 is 1.38 bits per heavy atom. The maximum Gasteiger partial charge on any atom is 0.337 e. The van der Waals surface area contributed by atoms with Gasteiger partial charge in [0, 0.05) is 13.2 Å². The van der Waals surface area contributed by atoms with Crippen LogP contribution < -0.4 is 5.73 Å². The van der Waals surface area contributed by atoms with Gasteiger partial charge in [-0.05, 0) is 27.7 Å². The van der Waals surface area contributed by atoms with Crippen molar-refractivity contribution in [3.05, 3.63) is 0 Å². The molecule has 2 atom stereocenters. The summed E-state index contributed by atoms with van der Waals surface area (Å²) in [6.45, 7) is 7.12. The van der Waals surface area contributed by atoms with Gasteiger partial charge in [0.1, 0.15) is 5.60 Å². The second-order valence-corrected chi connectivity index (χ2v) is 4.05. The molecule has 0 aromatic rings. The molecule has 0 bridgehead atoms. The van der Waals surface area contributed by atoms with Crippen molar-refractivity contribution in [2.45, 2.75) is 45.4 Å². The standard InChI is InChI=1S/C9H19NO3/c1-6(10)7(12-5)8(11)13-9(2,3)4/h6-7H,10H2,1-5H3/t6?,7-/m0/s1. The molecular weight excluding hydrogens is 170 g/mol. The molecule has 0 aliphatic carbocycles. The first-order valence-electron chi connectivity index (χ1n) is 4.29. The third-order valence-corrected chi connectivity index (χ3v) is 1.37. The molecule has 0 amide bonds. The summed E-state index contributed by atoms with van der Waals surface area (Å²) in [5, 5.41) is 0. The number of hydrogen-bond donors (Lipinski definition) is 1. The SMILES string of the molecule is CO[C@H](C(=O)OC(C)(C)C)C(C)N. The van der Waals surface area contributed by atoms with E-state index in [1.807, 2.05) is 0 Å². The van der Waals surface area contributed by atoms with Gasteiger partial charge < -0.3 is 15.2 Å². The van der Waals surface area contributed by atoms with Gasteiger partial charge in [-0.25, -0.2) is 4.79 Å². The molecule has 4 heteroatoms. The van der Waals surface area contributed by atoms with E-state index in [0.717, 1.165) is 0 Å². The summed E-state index contributed by atoms with van der Waals surface area (Å²) in [5.41, 5.74) is 5.04. The van der Waals surface area contributed by atoms with Crippen LogP contribution in [0.3, 0.4) is 0 Å². The van der Waals surface area contributed by atoms with E-state index in [9.17, 15) is 4.79 Å². The molecule has 1 unspecified atom stereocenters. The van der Waals surface area contributed by atoms with Crippen LogP contribution in [0.1, 0.15) is 27.7 Å². The third-order valence-electron chi connectivity index (χ3n) is 1.37. The number of carbonyl (C=O) groups excluding carboxylic acids is 1. The van der Waals surface area contributed by atoms with Crippen LogP contribution in [-0.4, -0.2) is 30.8 Å². The Balaban J connectivity index is 4.23. The van der Waals surface area contributed by atoms with Gasteiger partial charge in [-0.3, -0.25) is 0 Å². The van der Waals surface area contributed by atoms with Gasteiger partial charge in [-0.1, -0.05) is 0 Å². The van der Waals surface area contributed by atoms with Crippen LogP contribution >= 0.6 is 0 Å². The number of esters is 1. The van der Waals surface area contributed by atoms with Crippen LogP contribution in [0.4, 0.5) is 0 Å². The van der Waals surface area contributed by atoms with Gasteiger partial charge in [-0.15, -0.1) is 0 Å². The number of hydrogen-bond acceptors (Lipinski definition) is 4. The number of ether oxygens (including phenoxy) is 2. The largest absolute Gasteiger partial charge is 0.458 e. The highest BCUT2D eigenvalue weighted by atomic mass is 16.6. The van der Waals surface area contributed by atoms with Gasteiger partial charge in [-0.2, -0.15) is 0 Å². The summed E-state index contributed by atoms with van der Waals surface area (Å²) in [6, 6.07) is -0.361. The molecule has 2 N–H and O–H groups in total. The average Bonchev–Trinajstić information content (AvgIpc) is 1.82. The van der Waals surface area contributed by atoms with Crippen molar-refractivity contribution in [3.8, 4) is 0 Å². The quantitative estimate of drug-likeness (QED) is 0.663. The summed E-state index contributed by atoms with van der Waals surface area (Å²) >= 11 is 0. The molecule has 13 heavy (non-hydrogen) atoms. The maximum absolute atomic E-state index is 11.4. The molecule has 0 aliphatic heterocycles. The lowest BCUT2D eigenvalue weighted by molar-refractivity contribution is -0.167. The zero-order chi connectivity index (χ0) is 10.6. The molecule has 0 saturated carbocycles. The molecule has 0 radical (unpaired) electrons. The topological polar surface area (TPSA) is 61.5 Å². The molecule has 78 valence electrons. The highest BCUT2D eigenvalue weighted by Crippen LogP contribution is 2.10. The van der Waals surface area contributed by atoms with Crippen LogP contribution in [-0.2, 0) is 14.3 Å². The van der Waals surface area contributed by atoms with E-state index in [1.54, 1.807) is 27.7 Å². The van der Waals surface area contributed by atoms with Crippen molar-refractivity contribution < 1.29 is 14.3 Å². The smallest absolute Gasteiger partial charge is 0.337 e. The predicted molar refractivity (Wildman–Crippen MR) is 50.3 cm³/mol. The molecule has 0 fully saturated rings. The Labute approximate surface area is 79.4 Å². The second-order valence-electron chi connectivity index (χ2n) is 4.05. The highest BCUT2D eigenvalue weighted by Gasteiger charge is 2.27. The van der Waals surface area contributed by atoms with E-state index in [2.05, 4.69) is 0 Å². The van der Waals surface area contributed by atoms with Gasteiger partial charge in [0.2, 0.25) is 0 Å². The first-order chi connectivity index (χ1) is 5.78. The van der Waals surface area contributed by atoms with Crippen molar-refractivity contribution in [1.29, 1.82) is 0 Å². The van der Waals surface area contributed by atoms with E-state index in [0.29, 0.717) is 0 Å². The zero-order valence-electron chi connectivity index (χ0n) is 8.96. The Hall–Kier alpha value is -0.610. The molecular formula is C9H19NO3. The molecule has 0 rings (SSSR count). The number of nitrogens with two attached hydrogens (primary N) is 1. The summed E-state index contributed by atoms with van der Waals surface area (Å²) in [4.78, 5) is 11.4. The fraction of sp³-hybridized carbons (Fsp3) is 0.889. The van der Waals surface area contributed by atoms with Crippen LogP contribution in [0.25, 0.3) is 0 Å². The van der Waals surface area contributed by atoms with Gasteiger partial charge in [0.25, 0.3) is 0 Å². The summed E-state index contributed by atoms with van der Waals surface area (Å²) in [7, 11) is 1.44. The van der Waals surface area contributed by atoms with Crippen LogP contribution in [0.15, 0.2) is 0 Å². The fourth-order valence-electron chi connectivity index (χ4n) is 0.885. The third kappa shape index (κ3) is 4.85. The zero-order valence-corrected chi connectivity index (χ0v) is 8.96. The van der Waals surface area contributed by atoms with Crippen molar-refractivity contribution in [2.24, 2.45) is 5.73 Å². The van der Waals surface area contributed by atoms with Crippen molar-refractivity contribution in [3.63, 3.8) is 0 Å². The van der Waals surface area contributed by atoms with Crippen LogP contribution in [0.2, 0.25) is 0 Å². The number of methoxy groups -OCH3 is 1. The van der Waals surface area contributed by atoms with E-state index >= 15 is 0 Å². The minimum atomic E-state index is -0.681. The number of carbonyl (C=O) groups is 1. The highest BCUT2D eigenvalue weighted by molar-refractivity contribution is 5.75. The van der Waals surface area contributed by atoms with Crippen molar-refractivity contribution in [1.82, 2.24) is 0 Å². The van der Waals surface area contributed by atoms with E-state index < -0.39 is 17.7 Å². The fourth-order valence-corrected chi connectivity index (χ4v) is 0.885. The summed E-state index contributed by atoms with van der Waals surface area (Å²) in [6.07, 6.45) is -0.681. The Morgan fingerprint density at radius 3 is 2.08 bits per heavy atom. The Morgan fingerprint density at radius 2 is 1.85 bits per heavy atom. The predicted octanol–water partition coefficient (Wildman–Crippen LogP) is 0.690. The molecule has 0 aliphatic rings. The minimum absolute atomic E-state index is 0.361. The molecule has 0 saturated heterocycles. The van der Waals surface area contributed by atoms with Gasteiger partial charge >= 0.3 is 5.97 Å². The van der Waals surface area contributed by atoms with Crippen molar-refractivity contribution in [2.75, 3.05) is 7.11 Å². The van der Waals surface area contributed by atoms with Gasteiger partial charge in [0.15, 0.2) is 6.10 Å². The normalized spacial score (nSPS) is 16.5. The molecule has 4 nitrogen and oxygen atoms in total. The Bertz CT molecular complexity index is 172. The monoisotopic (exact) mass is 189 g/mol. The summed E-state index contributed by atoms with van der Waals surface area (Å²) < 4.78 is 10.0. The van der Waals surface area contributed by atoms with Gasteiger partial charge in [0.05, 0.1) is 0 Å². The first-order valence-corrected chi connectivity index (χ1v) is 4.29. The lowest BCUT2D eigenvalue weighted by Crippen LogP contribution is -2.43. The molecule has 0 aromatic carbocycles. The summed E-state index contributed by atoms with van der Waals surface area (Å²) in [5.74, 6) is -0.412. The lowest BCUT2D eigenvalue weighted by Gasteiger charge is -2.24. The molecule has 0 heterocycles. The minimum Gasteiger partial charge on any atom is -0.458 e. The van der Waals surface area contributed by atoms with Crippen LogP contribution in [0, 0.1) is 0 Å².